The molecular formula is C26H32N4O6. The van der Waals surface area contributed by atoms with Gasteiger partial charge >= 0.3 is 0 Å². The lowest BCUT2D eigenvalue weighted by molar-refractivity contribution is -0.157. The Hall–Kier alpha value is -4.08. The fourth-order valence-corrected chi connectivity index (χ4v) is 4.41. The molecule has 0 aliphatic carbocycles. The van der Waals surface area contributed by atoms with Crippen LogP contribution in [0.15, 0.2) is 57.7 Å². The quantitative estimate of drug-likeness (QED) is 0.435. The van der Waals surface area contributed by atoms with Gasteiger partial charge in [0, 0.05) is 18.9 Å². The lowest BCUT2D eigenvalue weighted by Crippen LogP contribution is -2.63. The van der Waals surface area contributed by atoms with Gasteiger partial charge in [0.25, 0.3) is 0 Å². The minimum Gasteiger partial charge on any atom is -0.497 e. The molecule has 1 aromatic carbocycles. The maximum Gasteiger partial charge on any atom is 0.248 e. The number of rotatable bonds is 10. The zero-order valence-corrected chi connectivity index (χ0v) is 21.2. The van der Waals surface area contributed by atoms with Crippen LogP contribution >= 0.6 is 0 Å². The third-order valence-electron chi connectivity index (χ3n) is 6.01. The minimum absolute atomic E-state index is 0.0256. The van der Waals surface area contributed by atoms with Crippen LogP contribution in [0.3, 0.4) is 0 Å². The number of anilines is 1. The lowest BCUT2D eigenvalue weighted by atomic mass is 9.67. The summed E-state index contributed by atoms with van der Waals surface area (Å²) in [4.78, 5) is 41.0. The summed E-state index contributed by atoms with van der Waals surface area (Å²) < 4.78 is 15.7. The Morgan fingerprint density at radius 2 is 1.81 bits per heavy atom. The number of carbonyl (C=O) groups excluding carboxylic acids is 3. The number of furan rings is 1. The molecule has 3 aromatic rings. The first kappa shape index (κ1) is 26.5. The average Bonchev–Trinajstić information content (AvgIpc) is 3.48. The Labute approximate surface area is 209 Å². The molecule has 0 saturated heterocycles. The van der Waals surface area contributed by atoms with Crippen LogP contribution in [0.4, 0.5) is 5.82 Å². The zero-order chi connectivity index (χ0) is 26.5. The van der Waals surface area contributed by atoms with Gasteiger partial charge in [0.1, 0.15) is 17.3 Å². The third kappa shape index (κ3) is 5.42. The van der Waals surface area contributed by atoms with Crippen molar-refractivity contribution in [2.24, 2.45) is 11.1 Å². The number of nitrogens with one attached hydrogen (secondary N) is 1. The number of primary amides is 1. The van der Waals surface area contributed by atoms with Crippen LogP contribution in [-0.4, -0.2) is 34.9 Å². The van der Waals surface area contributed by atoms with Crippen molar-refractivity contribution in [2.45, 2.75) is 52.6 Å². The molecule has 0 aliphatic heterocycles. The molecule has 0 aliphatic rings. The van der Waals surface area contributed by atoms with E-state index in [9.17, 15) is 14.4 Å². The van der Waals surface area contributed by atoms with Crippen LogP contribution in [-0.2, 0) is 26.5 Å². The molecule has 0 fully saturated rings. The van der Waals surface area contributed by atoms with Gasteiger partial charge in [-0.1, -0.05) is 38.1 Å². The average molecular weight is 497 g/mol. The highest BCUT2D eigenvalue weighted by Crippen LogP contribution is 2.46. The highest BCUT2D eigenvalue weighted by Gasteiger charge is 2.55. The van der Waals surface area contributed by atoms with Crippen molar-refractivity contribution in [1.82, 2.24) is 10.1 Å². The molecule has 0 radical (unpaired) electrons. The van der Waals surface area contributed by atoms with Crippen LogP contribution in [0.1, 0.15) is 50.7 Å². The van der Waals surface area contributed by atoms with Crippen LogP contribution in [0.25, 0.3) is 0 Å². The molecule has 0 spiro atoms. The number of nitrogens with zero attached hydrogens (tertiary/aromatic N) is 2. The summed E-state index contributed by atoms with van der Waals surface area (Å²) in [6.45, 7) is 7.19. The maximum absolute atomic E-state index is 13.8. The second-order valence-corrected chi connectivity index (χ2v) is 9.48. The van der Waals surface area contributed by atoms with Gasteiger partial charge in [-0.05, 0) is 42.2 Å². The van der Waals surface area contributed by atoms with Crippen molar-refractivity contribution in [2.75, 3.05) is 12.4 Å². The summed E-state index contributed by atoms with van der Waals surface area (Å²) in [5.74, 6) is 0.298. The highest BCUT2D eigenvalue weighted by molar-refractivity contribution is 5.95. The van der Waals surface area contributed by atoms with Crippen LogP contribution in [0.2, 0.25) is 0 Å². The normalized spacial score (nSPS) is 13.0. The first-order chi connectivity index (χ1) is 17.0. The summed E-state index contributed by atoms with van der Waals surface area (Å²) in [6.07, 6.45) is 1.17. The van der Waals surface area contributed by atoms with Gasteiger partial charge in [-0.15, -0.1) is 0 Å². The van der Waals surface area contributed by atoms with Crippen molar-refractivity contribution in [1.29, 1.82) is 0 Å². The van der Waals surface area contributed by atoms with E-state index in [2.05, 4.69) is 10.5 Å². The summed E-state index contributed by atoms with van der Waals surface area (Å²) in [7, 11) is 1.54. The van der Waals surface area contributed by atoms with E-state index in [1.807, 2.05) is 20.8 Å². The standard InChI is InChI=1S/C26H32N4O6/c1-17-15-21(29-36-17)28-22(31)12-13-23(32)30(16-20-7-6-14-35-20)26(24(27)33,25(2,3)4)18-8-10-19(34-5)11-9-18/h6-11,14-15H,12-13,16H2,1-5H3,(H2,27,33)(H,28,29,31). The molecular weight excluding hydrogens is 464 g/mol. The van der Waals surface area contributed by atoms with E-state index >= 15 is 0 Å². The summed E-state index contributed by atoms with van der Waals surface area (Å²) >= 11 is 0. The zero-order valence-electron chi connectivity index (χ0n) is 21.2. The number of aromatic nitrogens is 1. The smallest absolute Gasteiger partial charge is 0.248 e. The number of methoxy groups -OCH3 is 1. The van der Waals surface area contributed by atoms with Crippen molar-refractivity contribution in [3.05, 3.63) is 65.8 Å². The topological polar surface area (TPSA) is 141 Å². The number of carbonyl (C=O) groups is 3. The van der Waals surface area contributed by atoms with E-state index in [1.54, 1.807) is 49.4 Å². The van der Waals surface area contributed by atoms with Crippen molar-refractivity contribution >= 4 is 23.5 Å². The van der Waals surface area contributed by atoms with Crippen LogP contribution in [0, 0.1) is 12.3 Å². The summed E-state index contributed by atoms with van der Waals surface area (Å²) in [5, 5.41) is 6.33. The van der Waals surface area contributed by atoms with Gasteiger partial charge < -0.3 is 29.6 Å². The number of amides is 3. The van der Waals surface area contributed by atoms with Gasteiger partial charge in [-0.2, -0.15) is 0 Å². The van der Waals surface area contributed by atoms with E-state index in [-0.39, 0.29) is 25.2 Å². The fraction of sp³-hybridized carbons (Fsp3) is 0.385. The molecule has 3 rings (SSSR count). The number of nitrogens with two attached hydrogens (primary N) is 1. The van der Waals surface area contributed by atoms with Crippen LogP contribution in [0.5, 0.6) is 5.75 Å². The molecule has 10 heteroatoms. The lowest BCUT2D eigenvalue weighted by Gasteiger charge is -2.50. The van der Waals surface area contributed by atoms with Crippen molar-refractivity contribution in [3.8, 4) is 5.75 Å². The first-order valence-electron chi connectivity index (χ1n) is 11.5. The van der Waals surface area contributed by atoms with Crippen LogP contribution < -0.4 is 15.8 Å². The fourth-order valence-electron chi connectivity index (χ4n) is 4.41. The molecule has 1 atom stereocenters. The molecule has 2 aromatic heterocycles. The molecule has 3 N–H and O–H groups in total. The van der Waals surface area contributed by atoms with E-state index in [0.717, 1.165) is 0 Å². The molecule has 192 valence electrons. The second-order valence-electron chi connectivity index (χ2n) is 9.48. The molecule has 10 nitrogen and oxygen atoms in total. The van der Waals surface area contributed by atoms with Gasteiger partial charge in [0.05, 0.1) is 19.9 Å². The predicted octanol–water partition coefficient (Wildman–Crippen LogP) is 3.76. The third-order valence-corrected chi connectivity index (χ3v) is 6.01. The molecule has 2 heterocycles. The maximum atomic E-state index is 13.8. The number of hydrogen-bond acceptors (Lipinski definition) is 7. The Bertz CT molecular complexity index is 1190. The molecule has 1 unspecified atom stereocenters. The summed E-state index contributed by atoms with van der Waals surface area (Å²) in [5.41, 5.74) is 4.21. The molecule has 3 amide bonds. The van der Waals surface area contributed by atoms with E-state index < -0.39 is 28.7 Å². The van der Waals surface area contributed by atoms with Gasteiger partial charge in [0.2, 0.25) is 17.7 Å². The number of ether oxygens (including phenoxy) is 1. The number of benzene rings is 1. The monoisotopic (exact) mass is 496 g/mol. The van der Waals surface area contributed by atoms with E-state index in [1.165, 1.54) is 18.3 Å². The van der Waals surface area contributed by atoms with Crippen molar-refractivity contribution < 1.29 is 28.1 Å². The SMILES string of the molecule is COc1ccc(C(C(N)=O)(N(Cc2ccco2)C(=O)CCC(=O)Nc2cc(C)on2)C(C)(C)C)cc1. The first-order valence-corrected chi connectivity index (χ1v) is 11.5. The second kappa shape index (κ2) is 10.7. The predicted molar refractivity (Wildman–Crippen MR) is 132 cm³/mol. The number of hydrogen-bond donors (Lipinski definition) is 2. The molecule has 0 saturated carbocycles. The largest absolute Gasteiger partial charge is 0.497 e. The Morgan fingerprint density at radius 3 is 2.31 bits per heavy atom. The summed E-state index contributed by atoms with van der Waals surface area (Å²) in [6, 6.07) is 11.8. The van der Waals surface area contributed by atoms with Gasteiger partial charge in [-0.25, -0.2) is 0 Å². The van der Waals surface area contributed by atoms with E-state index in [4.69, 9.17) is 19.4 Å². The van der Waals surface area contributed by atoms with E-state index in [0.29, 0.717) is 22.8 Å². The van der Waals surface area contributed by atoms with Gasteiger partial charge in [-0.3, -0.25) is 14.4 Å². The molecule has 36 heavy (non-hydrogen) atoms. The minimum atomic E-state index is -1.57. The highest BCUT2D eigenvalue weighted by atomic mass is 16.5. The number of aryl methyl sites for hydroxylation is 1. The van der Waals surface area contributed by atoms with Gasteiger partial charge in [0.15, 0.2) is 11.4 Å². The Kier molecular flexibility index (Phi) is 7.87. The van der Waals surface area contributed by atoms with Crippen molar-refractivity contribution in [3.63, 3.8) is 0 Å². The molecule has 0 bridgehead atoms. The Balaban J connectivity index is 1.99. The Morgan fingerprint density at radius 1 is 1.11 bits per heavy atom.